The summed E-state index contributed by atoms with van der Waals surface area (Å²) >= 11 is 0. The van der Waals surface area contributed by atoms with Crippen molar-refractivity contribution in [3.8, 4) is 0 Å². The summed E-state index contributed by atoms with van der Waals surface area (Å²) in [5, 5.41) is 0. The van der Waals surface area contributed by atoms with Gasteiger partial charge in [-0.15, -0.1) is 6.58 Å². The number of hydrogen-bond donors (Lipinski definition) is 1. The van der Waals surface area contributed by atoms with E-state index in [1.165, 1.54) is 0 Å². The van der Waals surface area contributed by atoms with E-state index in [0.717, 1.165) is 25.7 Å². The van der Waals surface area contributed by atoms with Crippen LogP contribution in [0, 0.1) is 0 Å². The van der Waals surface area contributed by atoms with Gasteiger partial charge in [0.2, 0.25) is 0 Å². The average Bonchev–Trinajstić information content (AvgIpc) is 2.18. The van der Waals surface area contributed by atoms with E-state index in [1.807, 2.05) is 6.08 Å². The van der Waals surface area contributed by atoms with Crippen LogP contribution in [-0.4, -0.2) is 18.8 Å². The van der Waals surface area contributed by atoms with Crippen molar-refractivity contribution in [2.24, 2.45) is 5.73 Å². The van der Waals surface area contributed by atoms with Gasteiger partial charge in [-0.25, -0.2) is 0 Å². The lowest BCUT2D eigenvalue weighted by molar-refractivity contribution is -0.0391. The zero-order chi connectivity index (χ0) is 10.3. The van der Waals surface area contributed by atoms with Crippen LogP contribution in [0.4, 0.5) is 0 Å². The first-order chi connectivity index (χ1) is 6.16. The molecular weight excluding hydrogens is 162 g/mol. The summed E-state index contributed by atoms with van der Waals surface area (Å²) in [6, 6.07) is 0.116. The second kappa shape index (κ2) is 6.17. The molecule has 0 amide bonds. The Balaban J connectivity index is 4.24. The molecule has 0 spiro atoms. The molecule has 0 aliphatic carbocycles. The van der Waals surface area contributed by atoms with Crippen molar-refractivity contribution in [1.82, 2.24) is 0 Å². The van der Waals surface area contributed by atoms with Crippen LogP contribution in [0.1, 0.15) is 39.5 Å². The molecule has 0 saturated heterocycles. The summed E-state index contributed by atoms with van der Waals surface area (Å²) in [7, 11) is 1.75. The molecule has 0 aromatic carbocycles. The Bertz CT molecular complexity index is 133. The van der Waals surface area contributed by atoms with E-state index < -0.39 is 0 Å². The van der Waals surface area contributed by atoms with E-state index in [0.29, 0.717) is 0 Å². The van der Waals surface area contributed by atoms with Gasteiger partial charge in [-0.2, -0.15) is 0 Å². The van der Waals surface area contributed by atoms with Crippen LogP contribution in [0.3, 0.4) is 0 Å². The molecule has 1 atom stereocenters. The zero-order valence-corrected chi connectivity index (χ0v) is 9.18. The van der Waals surface area contributed by atoms with Gasteiger partial charge in [0.15, 0.2) is 0 Å². The molecule has 0 rings (SSSR count). The Kier molecular flexibility index (Phi) is 6.00. The summed E-state index contributed by atoms with van der Waals surface area (Å²) in [5.74, 6) is 0. The first-order valence-electron chi connectivity index (χ1n) is 5.08. The van der Waals surface area contributed by atoms with Gasteiger partial charge >= 0.3 is 0 Å². The quantitative estimate of drug-likeness (QED) is 0.618. The van der Waals surface area contributed by atoms with Crippen molar-refractivity contribution in [1.29, 1.82) is 0 Å². The summed E-state index contributed by atoms with van der Waals surface area (Å²) in [5.41, 5.74) is 5.96. The fourth-order valence-corrected chi connectivity index (χ4v) is 1.77. The van der Waals surface area contributed by atoms with Crippen LogP contribution in [0.15, 0.2) is 12.7 Å². The van der Waals surface area contributed by atoms with Gasteiger partial charge in [-0.05, 0) is 25.7 Å². The maximum Gasteiger partial charge on any atom is 0.0823 e. The number of allylic oxidation sites excluding steroid dienone is 1. The van der Waals surface area contributed by atoms with Gasteiger partial charge in [0.05, 0.1) is 5.60 Å². The van der Waals surface area contributed by atoms with E-state index >= 15 is 0 Å². The normalized spacial score (nSPS) is 14.2. The lowest BCUT2D eigenvalue weighted by atomic mass is 9.86. The smallest absolute Gasteiger partial charge is 0.0823 e. The van der Waals surface area contributed by atoms with Crippen molar-refractivity contribution in [3.63, 3.8) is 0 Å². The van der Waals surface area contributed by atoms with Gasteiger partial charge in [-0.3, -0.25) is 0 Å². The number of hydrogen-bond acceptors (Lipinski definition) is 2. The van der Waals surface area contributed by atoms with Crippen LogP contribution in [0.2, 0.25) is 0 Å². The summed E-state index contributed by atoms with van der Waals surface area (Å²) in [4.78, 5) is 0. The molecule has 0 aromatic rings. The van der Waals surface area contributed by atoms with Crippen LogP contribution in [0.5, 0.6) is 0 Å². The van der Waals surface area contributed by atoms with Gasteiger partial charge in [0, 0.05) is 13.2 Å². The van der Waals surface area contributed by atoms with Crippen molar-refractivity contribution >= 4 is 0 Å². The van der Waals surface area contributed by atoms with E-state index in [-0.39, 0.29) is 11.6 Å². The van der Waals surface area contributed by atoms with Crippen molar-refractivity contribution in [2.45, 2.75) is 51.2 Å². The highest BCUT2D eigenvalue weighted by Crippen LogP contribution is 2.25. The molecule has 2 nitrogen and oxygen atoms in total. The molecule has 0 heterocycles. The monoisotopic (exact) mass is 185 g/mol. The molecule has 0 saturated carbocycles. The zero-order valence-electron chi connectivity index (χ0n) is 9.18. The summed E-state index contributed by atoms with van der Waals surface area (Å²) in [6.45, 7) is 7.95. The fraction of sp³-hybridized carbons (Fsp3) is 0.818. The Morgan fingerprint density at radius 3 is 2.31 bits per heavy atom. The topological polar surface area (TPSA) is 35.2 Å². The van der Waals surface area contributed by atoms with Crippen molar-refractivity contribution in [2.75, 3.05) is 7.11 Å². The van der Waals surface area contributed by atoms with Crippen LogP contribution < -0.4 is 5.73 Å². The minimum absolute atomic E-state index is 0.116. The molecule has 0 aliphatic rings. The maximum atomic E-state index is 6.10. The van der Waals surface area contributed by atoms with Crippen LogP contribution in [-0.2, 0) is 4.74 Å². The standard InChI is InChI=1S/C11H23NO/c1-5-8-9-10(12)11(6-2,7-3)13-4/h5,10H,1,6-9,12H2,2-4H3. The van der Waals surface area contributed by atoms with E-state index in [4.69, 9.17) is 10.5 Å². The lowest BCUT2D eigenvalue weighted by Crippen LogP contribution is -2.48. The molecule has 0 aliphatic heterocycles. The first-order valence-corrected chi connectivity index (χ1v) is 5.08. The minimum Gasteiger partial charge on any atom is -0.377 e. The molecule has 78 valence electrons. The molecule has 0 radical (unpaired) electrons. The molecule has 13 heavy (non-hydrogen) atoms. The molecule has 2 N–H and O–H groups in total. The highest BCUT2D eigenvalue weighted by atomic mass is 16.5. The van der Waals surface area contributed by atoms with Gasteiger partial charge in [0.1, 0.15) is 0 Å². The van der Waals surface area contributed by atoms with Crippen LogP contribution in [0.25, 0.3) is 0 Å². The minimum atomic E-state index is -0.136. The van der Waals surface area contributed by atoms with Gasteiger partial charge in [0.25, 0.3) is 0 Å². The Morgan fingerprint density at radius 1 is 1.46 bits per heavy atom. The summed E-state index contributed by atoms with van der Waals surface area (Å²) in [6.07, 6.45) is 5.77. The molecule has 2 heteroatoms. The third-order valence-corrected chi connectivity index (χ3v) is 2.96. The average molecular weight is 185 g/mol. The Hall–Kier alpha value is -0.340. The molecule has 0 bridgehead atoms. The third kappa shape index (κ3) is 3.12. The molecule has 1 unspecified atom stereocenters. The highest BCUT2D eigenvalue weighted by molar-refractivity contribution is 4.90. The van der Waals surface area contributed by atoms with E-state index in [9.17, 15) is 0 Å². The second-order valence-corrected chi connectivity index (χ2v) is 3.45. The Morgan fingerprint density at radius 2 is 2.00 bits per heavy atom. The molecular formula is C11H23NO. The number of rotatable bonds is 7. The largest absolute Gasteiger partial charge is 0.377 e. The Labute approximate surface area is 82.2 Å². The second-order valence-electron chi connectivity index (χ2n) is 3.45. The summed E-state index contributed by atoms with van der Waals surface area (Å²) < 4.78 is 5.54. The highest BCUT2D eigenvalue weighted by Gasteiger charge is 2.32. The van der Waals surface area contributed by atoms with Crippen LogP contribution >= 0.6 is 0 Å². The predicted octanol–water partition coefficient (Wildman–Crippen LogP) is 2.49. The van der Waals surface area contributed by atoms with Gasteiger partial charge in [-0.1, -0.05) is 19.9 Å². The number of nitrogens with two attached hydrogens (primary N) is 1. The third-order valence-electron chi connectivity index (χ3n) is 2.96. The van der Waals surface area contributed by atoms with Crippen molar-refractivity contribution < 1.29 is 4.74 Å². The SMILES string of the molecule is C=CCCC(N)C(CC)(CC)OC. The fourth-order valence-electron chi connectivity index (χ4n) is 1.77. The number of ether oxygens (including phenoxy) is 1. The first kappa shape index (κ1) is 12.7. The number of methoxy groups -OCH3 is 1. The van der Waals surface area contributed by atoms with Crippen molar-refractivity contribution in [3.05, 3.63) is 12.7 Å². The molecule has 0 fully saturated rings. The predicted molar refractivity (Wildman–Crippen MR) is 57.7 cm³/mol. The lowest BCUT2D eigenvalue weighted by Gasteiger charge is -2.36. The maximum absolute atomic E-state index is 6.10. The van der Waals surface area contributed by atoms with E-state index in [2.05, 4.69) is 20.4 Å². The van der Waals surface area contributed by atoms with E-state index in [1.54, 1.807) is 7.11 Å². The van der Waals surface area contributed by atoms with Gasteiger partial charge < -0.3 is 10.5 Å². The molecule has 0 aromatic heterocycles.